The maximum absolute atomic E-state index is 11.4. The van der Waals surface area contributed by atoms with Gasteiger partial charge in [-0.1, -0.05) is 6.07 Å². The fraction of sp³-hybridized carbons (Fsp3) is 0.273. The Morgan fingerprint density at radius 3 is 2.80 bits per heavy atom. The zero-order chi connectivity index (χ0) is 11.1. The van der Waals surface area contributed by atoms with Gasteiger partial charge in [0, 0.05) is 18.5 Å². The molecule has 15 heavy (non-hydrogen) atoms. The van der Waals surface area contributed by atoms with Crippen molar-refractivity contribution in [3.05, 3.63) is 35.9 Å². The number of carbonyl (C=O) groups is 2. The molecule has 0 aliphatic rings. The number of carboxylic acids is 1. The average Bonchev–Trinajstić information content (AvgIpc) is 2.25. The summed E-state index contributed by atoms with van der Waals surface area (Å²) in [6.07, 6.45) is 0.499. The van der Waals surface area contributed by atoms with Crippen LogP contribution in [0.1, 0.15) is 23.2 Å². The van der Waals surface area contributed by atoms with Crippen LogP contribution >= 0.6 is 0 Å². The number of carboxylic acid groups (broad SMARTS) is 1. The Balaban J connectivity index is 2.28. The van der Waals surface area contributed by atoms with E-state index in [1.807, 2.05) is 0 Å². The number of rotatable bonds is 5. The molecule has 0 aliphatic heterocycles. The fourth-order valence-corrected chi connectivity index (χ4v) is 1.03. The molecule has 4 nitrogen and oxygen atoms in total. The average molecular weight is 205 g/mol. The van der Waals surface area contributed by atoms with Crippen molar-refractivity contribution in [1.82, 2.24) is 5.32 Å². The molecule has 0 atom stereocenters. The predicted octanol–water partition coefficient (Wildman–Crippen LogP) is 0.882. The smallest absolute Gasteiger partial charge is 0.303 e. The van der Waals surface area contributed by atoms with E-state index >= 15 is 0 Å². The summed E-state index contributed by atoms with van der Waals surface area (Å²) in [5, 5.41) is 11.0. The van der Waals surface area contributed by atoms with Gasteiger partial charge in [-0.25, -0.2) is 0 Å². The van der Waals surface area contributed by atoms with E-state index in [4.69, 9.17) is 5.11 Å². The minimum Gasteiger partial charge on any atom is -0.481 e. The molecular formula is C11H11NO3. The van der Waals surface area contributed by atoms with Crippen molar-refractivity contribution < 1.29 is 14.7 Å². The Kier molecular flexibility index (Phi) is 4.34. The molecule has 1 aromatic carbocycles. The molecule has 1 aromatic rings. The highest BCUT2D eigenvalue weighted by molar-refractivity contribution is 5.94. The SMILES string of the molecule is O=C(O)CCCNC(=O)c1c[c][c]cc1. The largest absolute Gasteiger partial charge is 0.481 e. The highest BCUT2D eigenvalue weighted by Gasteiger charge is 2.03. The van der Waals surface area contributed by atoms with Gasteiger partial charge in [-0.15, -0.1) is 0 Å². The van der Waals surface area contributed by atoms with Crippen molar-refractivity contribution in [2.24, 2.45) is 0 Å². The maximum atomic E-state index is 11.4. The molecule has 0 spiro atoms. The first-order chi connectivity index (χ1) is 7.20. The summed E-state index contributed by atoms with van der Waals surface area (Å²) in [6.45, 7) is 0.365. The molecule has 0 fully saturated rings. The van der Waals surface area contributed by atoms with E-state index < -0.39 is 5.97 Å². The van der Waals surface area contributed by atoms with Crippen molar-refractivity contribution in [1.29, 1.82) is 0 Å². The second-order valence-corrected chi connectivity index (χ2v) is 2.97. The lowest BCUT2D eigenvalue weighted by molar-refractivity contribution is -0.137. The van der Waals surface area contributed by atoms with Crippen LogP contribution in [0.15, 0.2) is 18.2 Å². The molecule has 1 amide bonds. The summed E-state index contributed by atoms with van der Waals surface area (Å²) in [6, 6.07) is 10.1. The van der Waals surface area contributed by atoms with Crippen molar-refractivity contribution in [2.75, 3.05) is 6.54 Å². The Labute approximate surface area is 87.9 Å². The van der Waals surface area contributed by atoms with Gasteiger partial charge in [0.05, 0.1) is 0 Å². The molecule has 0 aliphatic carbocycles. The summed E-state index contributed by atoms with van der Waals surface area (Å²) in [5.41, 5.74) is 0.504. The minimum atomic E-state index is -0.855. The van der Waals surface area contributed by atoms with E-state index in [0.29, 0.717) is 18.5 Å². The van der Waals surface area contributed by atoms with Crippen LogP contribution in [0.25, 0.3) is 0 Å². The Hall–Kier alpha value is -1.84. The zero-order valence-electron chi connectivity index (χ0n) is 8.12. The Morgan fingerprint density at radius 1 is 1.40 bits per heavy atom. The van der Waals surface area contributed by atoms with Gasteiger partial charge in [-0.2, -0.15) is 0 Å². The molecule has 2 N–H and O–H groups in total. The van der Waals surface area contributed by atoms with Gasteiger partial charge in [-0.05, 0) is 30.7 Å². The van der Waals surface area contributed by atoms with Gasteiger partial charge < -0.3 is 10.4 Å². The van der Waals surface area contributed by atoms with Crippen molar-refractivity contribution in [2.45, 2.75) is 12.8 Å². The lowest BCUT2D eigenvalue weighted by Gasteiger charge is -2.03. The van der Waals surface area contributed by atoms with Crippen molar-refractivity contribution in [3.63, 3.8) is 0 Å². The van der Waals surface area contributed by atoms with Crippen LogP contribution in [0.5, 0.6) is 0 Å². The first kappa shape index (κ1) is 11.2. The number of nitrogens with one attached hydrogen (secondary N) is 1. The van der Waals surface area contributed by atoms with E-state index in [2.05, 4.69) is 17.4 Å². The highest BCUT2D eigenvalue weighted by Crippen LogP contribution is 1.97. The maximum Gasteiger partial charge on any atom is 0.303 e. The lowest BCUT2D eigenvalue weighted by atomic mass is 10.2. The number of benzene rings is 1. The lowest BCUT2D eigenvalue weighted by Crippen LogP contribution is -2.24. The van der Waals surface area contributed by atoms with Crippen LogP contribution in [0.2, 0.25) is 0 Å². The second-order valence-electron chi connectivity index (χ2n) is 2.97. The van der Waals surface area contributed by atoms with Crippen LogP contribution in [0, 0.1) is 12.1 Å². The molecule has 0 unspecified atom stereocenters. The number of aliphatic carboxylic acids is 1. The van der Waals surface area contributed by atoms with Crippen molar-refractivity contribution >= 4 is 11.9 Å². The third-order valence-corrected chi connectivity index (χ3v) is 1.77. The second kappa shape index (κ2) is 5.80. The molecule has 0 saturated carbocycles. The third-order valence-electron chi connectivity index (χ3n) is 1.77. The molecule has 1 rings (SSSR count). The van der Waals surface area contributed by atoms with E-state index in [1.54, 1.807) is 12.1 Å². The molecule has 0 saturated heterocycles. The summed E-state index contributed by atoms with van der Waals surface area (Å²) >= 11 is 0. The molecule has 0 aromatic heterocycles. The van der Waals surface area contributed by atoms with Gasteiger partial charge in [0.2, 0.25) is 0 Å². The van der Waals surface area contributed by atoms with Crippen molar-refractivity contribution in [3.8, 4) is 0 Å². The topological polar surface area (TPSA) is 66.4 Å². The number of carbonyl (C=O) groups excluding carboxylic acids is 1. The third kappa shape index (κ3) is 4.26. The minimum absolute atomic E-state index is 0.0645. The van der Waals surface area contributed by atoms with Crippen LogP contribution in [0.3, 0.4) is 0 Å². The van der Waals surface area contributed by atoms with Gasteiger partial charge in [0.15, 0.2) is 0 Å². The van der Waals surface area contributed by atoms with Crippen LogP contribution in [-0.4, -0.2) is 23.5 Å². The van der Waals surface area contributed by atoms with Gasteiger partial charge in [-0.3, -0.25) is 9.59 Å². The number of hydrogen-bond donors (Lipinski definition) is 2. The molecule has 78 valence electrons. The quantitative estimate of drug-likeness (QED) is 0.701. The van der Waals surface area contributed by atoms with E-state index in [0.717, 1.165) is 0 Å². The number of amides is 1. The Morgan fingerprint density at radius 2 is 2.20 bits per heavy atom. The van der Waals surface area contributed by atoms with Crippen LogP contribution < -0.4 is 5.32 Å². The van der Waals surface area contributed by atoms with Crippen LogP contribution in [0.4, 0.5) is 0 Å². The predicted molar refractivity (Wildman–Crippen MR) is 53.3 cm³/mol. The number of hydrogen-bond acceptors (Lipinski definition) is 2. The fourth-order valence-electron chi connectivity index (χ4n) is 1.03. The van der Waals surface area contributed by atoms with Gasteiger partial charge >= 0.3 is 5.97 Å². The molecule has 2 radical (unpaired) electrons. The standard InChI is InChI=1S/C11H11NO3/c13-10(14)7-4-8-12-11(15)9-5-2-1-3-6-9/h2,5-6H,4,7-8H2,(H,12,15)(H,13,14). The summed E-state index contributed by atoms with van der Waals surface area (Å²) < 4.78 is 0. The summed E-state index contributed by atoms with van der Waals surface area (Å²) in [7, 11) is 0. The van der Waals surface area contributed by atoms with E-state index in [1.165, 1.54) is 6.07 Å². The highest BCUT2D eigenvalue weighted by atomic mass is 16.4. The molecule has 4 heteroatoms. The van der Waals surface area contributed by atoms with Gasteiger partial charge in [0.1, 0.15) is 0 Å². The first-order valence-corrected chi connectivity index (χ1v) is 4.58. The van der Waals surface area contributed by atoms with Gasteiger partial charge in [0.25, 0.3) is 5.91 Å². The van der Waals surface area contributed by atoms with E-state index in [9.17, 15) is 9.59 Å². The summed E-state index contributed by atoms with van der Waals surface area (Å²) in [4.78, 5) is 21.6. The molecular weight excluding hydrogens is 194 g/mol. The first-order valence-electron chi connectivity index (χ1n) is 4.58. The summed E-state index contributed by atoms with van der Waals surface area (Å²) in [5.74, 6) is -1.07. The monoisotopic (exact) mass is 205 g/mol. The zero-order valence-corrected chi connectivity index (χ0v) is 8.12. The Bertz CT molecular complexity index is 335. The molecule has 0 heterocycles. The molecule has 0 bridgehead atoms. The van der Waals surface area contributed by atoms with E-state index in [-0.39, 0.29) is 12.3 Å². The van der Waals surface area contributed by atoms with Crippen LogP contribution in [-0.2, 0) is 4.79 Å². The normalized spacial score (nSPS) is 9.60.